The minimum Gasteiger partial charge on any atom is -0.394 e. The Bertz CT molecular complexity index is 173. The third-order valence-electron chi connectivity index (χ3n) is 2.21. The molecule has 4 nitrogen and oxygen atoms in total. The molecule has 0 aromatic heterocycles. The van der Waals surface area contributed by atoms with E-state index in [9.17, 15) is 0 Å². The Hall–Kier alpha value is -0.610. The number of hydrogen-bond acceptors (Lipinski definition) is 3. The van der Waals surface area contributed by atoms with Gasteiger partial charge in [-0.1, -0.05) is 6.92 Å². The van der Waals surface area contributed by atoms with E-state index >= 15 is 0 Å². The van der Waals surface area contributed by atoms with E-state index in [0.717, 1.165) is 19.4 Å². The standard InChI is InChI=1S/C9H18N2O2/c1-2-3-9(10)11-4-5-13-8(6-11)7-12/h8,10,12H,2-7H2,1H3. The summed E-state index contributed by atoms with van der Waals surface area (Å²) in [6, 6.07) is 0. The van der Waals surface area contributed by atoms with Crippen LogP contribution in [0.2, 0.25) is 0 Å². The lowest BCUT2D eigenvalue weighted by atomic mass is 10.2. The number of morpholine rings is 1. The summed E-state index contributed by atoms with van der Waals surface area (Å²) in [6.07, 6.45) is 1.71. The first-order valence-electron chi connectivity index (χ1n) is 4.82. The second-order valence-corrected chi connectivity index (χ2v) is 3.32. The molecule has 2 N–H and O–H groups in total. The van der Waals surface area contributed by atoms with E-state index in [1.54, 1.807) is 0 Å². The van der Waals surface area contributed by atoms with Crippen molar-refractivity contribution < 1.29 is 9.84 Å². The van der Waals surface area contributed by atoms with E-state index in [-0.39, 0.29) is 12.7 Å². The van der Waals surface area contributed by atoms with Crippen molar-refractivity contribution in [1.29, 1.82) is 5.41 Å². The van der Waals surface area contributed by atoms with Gasteiger partial charge in [0.25, 0.3) is 0 Å². The predicted octanol–water partition coefficient (Wildman–Crippen LogP) is 0.457. The summed E-state index contributed by atoms with van der Waals surface area (Å²) in [5.74, 6) is 0.671. The lowest BCUT2D eigenvalue weighted by molar-refractivity contribution is -0.0347. The smallest absolute Gasteiger partial charge is 0.0981 e. The number of aliphatic hydroxyl groups excluding tert-OH is 1. The normalized spacial score (nSPS) is 23.2. The predicted molar refractivity (Wildman–Crippen MR) is 51.0 cm³/mol. The summed E-state index contributed by atoms with van der Waals surface area (Å²) >= 11 is 0. The third-order valence-corrected chi connectivity index (χ3v) is 2.21. The van der Waals surface area contributed by atoms with Crippen molar-refractivity contribution in [2.24, 2.45) is 0 Å². The van der Waals surface area contributed by atoms with E-state index in [1.165, 1.54) is 0 Å². The molecule has 1 fully saturated rings. The largest absolute Gasteiger partial charge is 0.394 e. The fourth-order valence-electron chi connectivity index (χ4n) is 1.47. The summed E-state index contributed by atoms with van der Waals surface area (Å²) in [5, 5.41) is 16.6. The van der Waals surface area contributed by atoms with Crippen LogP contribution in [0, 0.1) is 5.41 Å². The summed E-state index contributed by atoms with van der Waals surface area (Å²) in [4.78, 5) is 1.99. The molecular formula is C9H18N2O2. The van der Waals surface area contributed by atoms with Gasteiger partial charge in [0, 0.05) is 19.5 Å². The third kappa shape index (κ3) is 2.97. The van der Waals surface area contributed by atoms with Crippen LogP contribution in [-0.2, 0) is 4.74 Å². The average Bonchev–Trinajstić information content (AvgIpc) is 2.18. The first-order chi connectivity index (χ1) is 6.27. The lowest BCUT2D eigenvalue weighted by Crippen LogP contribution is -2.46. The van der Waals surface area contributed by atoms with Crippen molar-refractivity contribution in [2.45, 2.75) is 25.9 Å². The molecule has 1 unspecified atom stereocenters. The van der Waals surface area contributed by atoms with Crippen LogP contribution >= 0.6 is 0 Å². The Labute approximate surface area is 79.0 Å². The second kappa shape index (κ2) is 5.19. The molecule has 1 atom stereocenters. The second-order valence-electron chi connectivity index (χ2n) is 3.32. The first kappa shape index (κ1) is 10.5. The summed E-state index contributed by atoms with van der Waals surface area (Å²) in [5.41, 5.74) is 0. The van der Waals surface area contributed by atoms with Gasteiger partial charge in [0.15, 0.2) is 0 Å². The Balaban J connectivity index is 2.37. The van der Waals surface area contributed by atoms with Gasteiger partial charge >= 0.3 is 0 Å². The van der Waals surface area contributed by atoms with Gasteiger partial charge in [-0.05, 0) is 6.42 Å². The molecular weight excluding hydrogens is 168 g/mol. The van der Waals surface area contributed by atoms with E-state index < -0.39 is 0 Å². The number of amidine groups is 1. The number of hydrogen-bond donors (Lipinski definition) is 2. The van der Waals surface area contributed by atoms with Gasteiger partial charge in [0.05, 0.1) is 25.2 Å². The van der Waals surface area contributed by atoms with Crippen molar-refractivity contribution in [3.05, 3.63) is 0 Å². The van der Waals surface area contributed by atoms with Crippen LogP contribution < -0.4 is 0 Å². The zero-order chi connectivity index (χ0) is 9.68. The molecule has 1 saturated heterocycles. The Morgan fingerprint density at radius 1 is 1.69 bits per heavy atom. The molecule has 0 amide bonds. The summed E-state index contributed by atoms with van der Waals surface area (Å²) < 4.78 is 5.30. The highest BCUT2D eigenvalue weighted by Crippen LogP contribution is 2.07. The summed E-state index contributed by atoms with van der Waals surface area (Å²) in [6.45, 7) is 4.19. The molecule has 0 saturated carbocycles. The van der Waals surface area contributed by atoms with Gasteiger partial charge in [-0.25, -0.2) is 0 Å². The maximum Gasteiger partial charge on any atom is 0.0981 e. The Morgan fingerprint density at radius 3 is 3.08 bits per heavy atom. The number of ether oxygens (including phenoxy) is 1. The molecule has 4 heteroatoms. The number of nitrogens with zero attached hydrogens (tertiary/aromatic N) is 1. The van der Waals surface area contributed by atoms with E-state index in [4.69, 9.17) is 15.3 Å². The zero-order valence-corrected chi connectivity index (χ0v) is 8.12. The molecule has 1 heterocycles. The quantitative estimate of drug-likeness (QED) is 0.497. The van der Waals surface area contributed by atoms with Crippen LogP contribution in [0.15, 0.2) is 0 Å². The average molecular weight is 186 g/mol. The van der Waals surface area contributed by atoms with Gasteiger partial charge < -0.3 is 14.7 Å². The van der Waals surface area contributed by atoms with Crippen LogP contribution in [0.3, 0.4) is 0 Å². The van der Waals surface area contributed by atoms with Gasteiger partial charge in [0.1, 0.15) is 0 Å². The van der Waals surface area contributed by atoms with Gasteiger partial charge in [-0.3, -0.25) is 5.41 Å². The highest BCUT2D eigenvalue weighted by Gasteiger charge is 2.20. The topological polar surface area (TPSA) is 56.6 Å². The first-order valence-corrected chi connectivity index (χ1v) is 4.82. The molecule has 0 aromatic carbocycles. The van der Waals surface area contributed by atoms with Crippen molar-refractivity contribution in [3.63, 3.8) is 0 Å². The van der Waals surface area contributed by atoms with Gasteiger partial charge in [0.2, 0.25) is 0 Å². The van der Waals surface area contributed by atoms with Crippen molar-refractivity contribution >= 4 is 5.84 Å². The molecule has 1 aliphatic heterocycles. The fraction of sp³-hybridized carbons (Fsp3) is 0.889. The van der Waals surface area contributed by atoms with E-state index in [1.807, 2.05) is 4.90 Å². The SMILES string of the molecule is CCCC(=N)N1CCOC(CO)C1. The minimum absolute atomic E-state index is 0.0515. The molecule has 0 bridgehead atoms. The molecule has 0 aromatic rings. The van der Waals surface area contributed by atoms with Crippen LogP contribution in [0.1, 0.15) is 19.8 Å². The zero-order valence-electron chi connectivity index (χ0n) is 8.12. The molecule has 0 radical (unpaired) electrons. The van der Waals surface area contributed by atoms with Crippen molar-refractivity contribution in [3.8, 4) is 0 Å². The molecule has 76 valence electrons. The van der Waals surface area contributed by atoms with Crippen LogP contribution in [0.4, 0.5) is 0 Å². The molecule has 0 spiro atoms. The highest BCUT2D eigenvalue weighted by atomic mass is 16.5. The number of rotatable bonds is 3. The van der Waals surface area contributed by atoms with E-state index in [2.05, 4.69) is 6.92 Å². The monoisotopic (exact) mass is 186 g/mol. The summed E-state index contributed by atoms with van der Waals surface area (Å²) in [7, 11) is 0. The van der Waals surface area contributed by atoms with E-state index in [0.29, 0.717) is 19.0 Å². The van der Waals surface area contributed by atoms with Gasteiger partial charge in [-0.15, -0.1) is 0 Å². The van der Waals surface area contributed by atoms with Crippen LogP contribution in [0.5, 0.6) is 0 Å². The number of nitrogens with one attached hydrogen (secondary N) is 1. The highest BCUT2D eigenvalue weighted by molar-refractivity contribution is 5.79. The maximum atomic E-state index is 8.90. The molecule has 1 rings (SSSR count). The lowest BCUT2D eigenvalue weighted by Gasteiger charge is -2.33. The van der Waals surface area contributed by atoms with Crippen LogP contribution in [-0.4, -0.2) is 48.2 Å². The van der Waals surface area contributed by atoms with Crippen molar-refractivity contribution in [2.75, 3.05) is 26.3 Å². The molecule has 13 heavy (non-hydrogen) atoms. The Kier molecular flexibility index (Phi) is 4.18. The van der Waals surface area contributed by atoms with Crippen molar-refractivity contribution in [1.82, 2.24) is 4.90 Å². The van der Waals surface area contributed by atoms with Crippen LogP contribution in [0.25, 0.3) is 0 Å². The molecule has 0 aliphatic carbocycles. The molecule has 1 aliphatic rings. The Morgan fingerprint density at radius 2 is 2.46 bits per heavy atom. The fourth-order valence-corrected chi connectivity index (χ4v) is 1.47. The minimum atomic E-state index is -0.106. The maximum absolute atomic E-state index is 8.90. The number of aliphatic hydroxyl groups is 1. The van der Waals surface area contributed by atoms with Gasteiger partial charge in [-0.2, -0.15) is 0 Å².